The molecule has 5 heteroatoms. The Morgan fingerprint density at radius 3 is 2.79 bits per heavy atom. The highest BCUT2D eigenvalue weighted by molar-refractivity contribution is 5.85. The Labute approximate surface area is 120 Å². The van der Waals surface area contributed by atoms with E-state index in [0.717, 1.165) is 25.1 Å². The predicted octanol–water partition coefficient (Wildman–Crippen LogP) is 1.70. The Balaban J connectivity index is 0.00000180. The van der Waals surface area contributed by atoms with Gasteiger partial charge in [-0.1, -0.05) is 18.2 Å². The third kappa shape index (κ3) is 4.73. The first-order valence-corrected chi connectivity index (χ1v) is 6.43. The van der Waals surface area contributed by atoms with Crippen molar-refractivity contribution < 1.29 is 9.53 Å². The number of carbonyl (C=O) groups excluding carboxylic acids is 1. The fourth-order valence-electron chi connectivity index (χ4n) is 2.09. The van der Waals surface area contributed by atoms with Crippen molar-refractivity contribution >= 4 is 18.3 Å². The number of carbonyl (C=O) groups is 1. The van der Waals surface area contributed by atoms with Crippen molar-refractivity contribution in [2.45, 2.75) is 18.9 Å². The van der Waals surface area contributed by atoms with Crippen LogP contribution in [0.2, 0.25) is 0 Å². The Kier molecular flexibility index (Phi) is 6.67. The molecule has 0 saturated carbocycles. The number of halogens is 1. The van der Waals surface area contributed by atoms with Gasteiger partial charge in [0.15, 0.2) is 0 Å². The number of benzene rings is 1. The van der Waals surface area contributed by atoms with Crippen LogP contribution < -0.4 is 10.1 Å². The molecule has 1 aromatic rings. The molecule has 1 amide bonds. The Morgan fingerprint density at radius 1 is 1.42 bits per heavy atom. The second-order valence-electron chi connectivity index (χ2n) is 4.57. The molecule has 1 fully saturated rings. The summed E-state index contributed by atoms with van der Waals surface area (Å²) >= 11 is 0. The zero-order chi connectivity index (χ0) is 12.8. The van der Waals surface area contributed by atoms with Gasteiger partial charge in [0, 0.05) is 7.05 Å². The lowest BCUT2D eigenvalue weighted by atomic mass is 10.2. The molecule has 1 N–H and O–H groups in total. The van der Waals surface area contributed by atoms with E-state index in [-0.39, 0.29) is 24.4 Å². The lowest BCUT2D eigenvalue weighted by molar-refractivity contribution is -0.132. The molecular formula is C14H21ClN2O2. The number of rotatable bonds is 5. The maximum Gasteiger partial charge on any atom is 0.239 e. The van der Waals surface area contributed by atoms with Gasteiger partial charge in [-0.25, -0.2) is 0 Å². The average molecular weight is 285 g/mol. The van der Waals surface area contributed by atoms with Gasteiger partial charge in [0.25, 0.3) is 0 Å². The molecule has 4 nitrogen and oxygen atoms in total. The quantitative estimate of drug-likeness (QED) is 0.895. The summed E-state index contributed by atoms with van der Waals surface area (Å²) in [7, 11) is 1.83. The molecule has 1 aliphatic rings. The normalized spacial score (nSPS) is 17.6. The zero-order valence-corrected chi connectivity index (χ0v) is 12.0. The topological polar surface area (TPSA) is 41.6 Å². The maximum atomic E-state index is 12.0. The molecule has 1 saturated heterocycles. The number of ether oxygens (including phenoxy) is 1. The largest absolute Gasteiger partial charge is 0.492 e. The summed E-state index contributed by atoms with van der Waals surface area (Å²) in [5.74, 6) is 1.02. The molecule has 0 aromatic heterocycles. The number of para-hydroxylation sites is 1. The molecule has 1 aliphatic heterocycles. The van der Waals surface area contributed by atoms with Crippen molar-refractivity contribution in [3.8, 4) is 5.75 Å². The van der Waals surface area contributed by atoms with Crippen LogP contribution in [0.1, 0.15) is 12.8 Å². The van der Waals surface area contributed by atoms with Crippen LogP contribution in [-0.2, 0) is 4.79 Å². The van der Waals surface area contributed by atoms with Gasteiger partial charge < -0.3 is 15.0 Å². The highest BCUT2D eigenvalue weighted by Gasteiger charge is 2.24. The average Bonchev–Trinajstić information content (AvgIpc) is 2.93. The van der Waals surface area contributed by atoms with E-state index < -0.39 is 0 Å². The molecule has 0 spiro atoms. The van der Waals surface area contributed by atoms with Gasteiger partial charge in [-0.05, 0) is 31.5 Å². The lowest BCUT2D eigenvalue weighted by Gasteiger charge is -2.21. The first kappa shape index (κ1) is 15.8. The Hall–Kier alpha value is -1.26. The SMILES string of the molecule is CN(CCOc1ccccc1)C(=O)C1CCCN1.Cl. The summed E-state index contributed by atoms with van der Waals surface area (Å²) < 4.78 is 5.58. The monoisotopic (exact) mass is 284 g/mol. The Morgan fingerprint density at radius 2 is 2.16 bits per heavy atom. The van der Waals surface area contributed by atoms with E-state index in [1.54, 1.807) is 4.90 Å². The smallest absolute Gasteiger partial charge is 0.239 e. The van der Waals surface area contributed by atoms with Crippen LogP contribution in [0.3, 0.4) is 0 Å². The molecule has 1 aromatic carbocycles. The highest BCUT2D eigenvalue weighted by Crippen LogP contribution is 2.09. The van der Waals surface area contributed by atoms with Crippen molar-refractivity contribution in [3.63, 3.8) is 0 Å². The number of hydrogen-bond donors (Lipinski definition) is 1. The van der Waals surface area contributed by atoms with Gasteiger partial charge in [0.05, 0.1) is 12.6 Å². The van der Waals surface area contributed by atoms with Crippen molar-refractivity contribution in [1.29, 1.82) is 0 Å². The van der Waals surface area contributed by atoms with Gasteiger partial charge in [0.2, 0.25) is 5.91 Å². The van der Waals surface area contributed by atoms with E-state index in [1.807, 2.05) is 37.4 Å². The van der Waals surface area contributed by atoms with Crippen LogP contribution in [0.15, 0.2) is 30.3 Å². The van der Waals surface area contributed by atoms with Crippen LogP contribution in [0.25, 0.3) is 0 Å². The molecular weight excluding hydrogens is 264 g/mol. The first-order valence-electron chi connectivity index (χ1n) is 6.43. The van der Waals surface area contributed by atoms with Crippen molar-refractivity contribution in [2.75, 3.05) is 26.7 Å². The standard InChI is InChI=1S/C14H20N2O2.ClH/c1-16(14(17)13-8-5-9-15-13)10-11-18-12-6-3-2-4-7-12;/h2-4,6-7,13,15H,5,8-11H2,1H3;1H. The molecule has 0 bridgehead atoms. The van der Waals surface area contributed by atoms with Crippen LogP contribution in [-0.4, -0.2) is 43.6 Å². The zero-order valence-electron chi connectivity index (χ0n) is 11.2. The molecule has 106 valence electrons. The number of amides is 1. The number of hydrogen-bond acceptors (Lipinski definition) is 3. The van der Waals surface area contributed by atoms with Crippen LogP contribution in [0.5, 0.6) is 5.75 Å². The molecule has 0 radical (unpaired) electrons. The summed E-state index contributed by atoms with van der Waals surface area (Å²) in [4.78, 5) is 13.7. The van der Waals surface area contributed by atoms with E-state index >= 15 is 0 Å². The van der Waals surface area contributed by atoms with Crippen LogP contribution in [0.4, 0.5) is 0 Å². The molecule has 1 unspecified atom stereocenters. The third-order valence-electron chi connectivity index (χ3n) is 3.17. The van der Waals surface area contributed by atoms with E-state index in [2.05, 4.69) is 5.32 Å². The van der Waals surface area contributed by atoms with E-state index in [9.17, 15) is 4.79 Å². The minimum atomic E-state index is 0. The Bertz CT molecular complexity index is 380. The van der Waals surface area contributed by atoms with Gasteiger partial charge in [-0.15, -0.1) is 12.4 Å². The van der Waals surface area contributed by atoms with E-state index in [1.165, 1.54) is 0 Å². The number of nitrogens with zero attached hydrogens (tertiary/aromatic N) is 1. The van der Waals surface area contributed by atoms with Crippen LogP contribution >= 0.6 is 12.4 Å². The molecule has 1 atom stereocenters. The van der Waals surface area contributed by atoms with Crippen molar-refractivity contribution in [1.82, 2.24) is 10.2 Å². The van der Waals surface area contributed by atoms with Gasteiger partial charge >= 0.3 is 0 Å². The summed E-state index contributed by atoms with van der Waals surface area (Å²) in [6.07, 6.45) is 2.04. The molecule has 0 aliphatic carbocycles. The highest BCUT2D eigenvalue weighted by atomic mass is 35.5. The van der Waals surface area contributed by atoms with E-state index in [4.69, 9.17) is 4.74 Å². The second-order valence-corrected chi connectivity index (χ2v) is 4.57. The van der Waals surface area contributed by atoms with Crippen molar-refractivity contribution in [2.24, 2.45) is 0 Å². The minimum absolute atomic E-state index is 0. The van der Waals surface area contributed by atoms with Gasteiger partial charge in [-0.2, -0.15) is 0 Å². The molecule has 19 heavy (non-hydrogen) atoms. The first-order chi connectivity index (χ1) is 8.77. The molecule has 2 rings (SSSR count). The van der Waals surface area contributed by atoms with Gasteiger partial charge in [0.1, 0.15) is 12.4 Å². The summed E-state index contributed by atoms with van der Waals surface area (Å²) in [5.41, 5.74) is 0. The maximum absolute atomic E-state index is 12.0. The third-order valence-corrected chi connectivity index (χ3v) is 3.17. The summed E-state index contributed by atoms with van der Waals surface area (Å²) in [6.45, 7) is 2.09. The summed E-state index contributed by atoms with van der Waals surface area (Å²) in [6, 6.07) is 9.67. The second kappa shape index (κ2) is 8.02. The fraction of sp³-hybridized carbons (Fsp3) is 0.500. The minimum Gasteiger partial charge on any atom is -0.492 e. The van der Waals surface area contributed by atoms with Crippen molar-refractivity contribution in [3.05, 3.63) is 30.3 Å². The van der Waals surface area contributed by atoms with E-state index in [0.29, 0.717) is 13.2 Å². The predicted molar refractivity (Wildman–Crippen MR) is 77.8 cm³/mol. The molecule has 1 heterocycles. The number of likely N-dealkylation sites (N-methyl/N-ethyl adjacent to an activating group) is 1. The van der Waals surface area contributed by atoms with Gasteiger partial charge in [-0.3, -0.25) is 4.79 Å². The van der Waals surface area contributed by atoms with Crippen LogP contribution in [0, 0.1) is 0 Å². The number of nitrogens with one attached hydrogen (secondary N) is 1. The summed E-state index contributed by atoms with van der Waals surface area (Å²) in [5, 5.41) is 3.21. The lowest BCUT2D eigenvalue weighted by Crippen LogP contribution is -2.43. The fourth-order valence-corrected chi connectivity index (χ4v) is 2.09.